The second-order valence-electron chi connectivity index (χ2n) is 5.99. The SMILES string of the molecule is CC(=O)N1CCN(c2ccc(NC(=O)Nc3ccccc3)cc2)CC1. The average molecular weight is 338 g/mol. The summed E-state index contributed by atoms with van der Waals surface area (Å²) in [7, 11) is 0. The van der Waals surface area contributed by atoms with Gasteiger partial charge in [-0.05, 0) is 36.4 Å². The molecular formula is C19H22N4O2. The molecule has 130 valence electrons. The summed E-state index contributed by atoms with van der Waals surface area (Å²) in [5, 5.41) is 5.61. The van der Waals surface area contributed by atoms with E-state index in [9.17, 15) is 9.59 Å². The van der Waals surface area contributed by atoms with E-state index in [-0.39, 0.29) is 11.9 Å². The monoisotopic (exact) mass is 338 g/mol. The Morgan fingerprint density at radius 3 is 1.92 bits per heavy atom. The van der Waals surface area contributed by atoms with Gasteiger partial charge in [0.25, 0.3) is 0 Å². The zero-order valence-corrected chi connectivity index (χ0v) is 14.2. The van der Waals surface area contributed by atoms with Gasteiger partial charge in [0, 0.05) is 50.2 Å². The maximum absolute atomic E-state index is 12.0. The van der Waals surface area contributed by atoms with Gasteiger partial charge in [-0.25, -0.2) is 4.79 Å². The predicted molar refractivity (Wildman–Crippen MR) is 100.0 cm³/mol. The molecule has 2 N–H and O–H groups in total. The van der Waals surface area contributed by atoms with Crippen LogP contribution in [-0.4, -0.2) is 43.0 Å². The van der Waals surface area contributed by atoms with Crippen molar-refractivity contribution in [2.45, 2.75) is 6.92 Å². The van der Waals surface area contributed by atoms with Gasteiger partial charge in [0.2, 0.25) is 5.91 Å². The lowest BCUT2D eigenvalue weighted by atomic mass is 10.2. The Morgan fingerprint density at radius 1 is 0.800 bits per heavy atom. The fourth-order valence-corrected chi connectivity index (χ4v) is 2.85. The first kappa shape index (κ1) is 16.8. The Bertz CT molecular complexity index is 723. The Balaban J connectivity index is 1.54. The van der Waals surface area contributed by atoms with E-state index in [4.69, 9.17) is 0 Å². The highest BCUT2D eigenvalue weighted by molar-refractivity contribution is 5.99. The van der Waals surface area contributed by atoms with Crippen molar-refractivity contribution in [3.8, 4) is 0 Å². The first-order valence-electron chi connectivity index (χ1n) is 8.35. The van der Waals surface area contributed by atoms with Crippen LogP contribution in [0.25, 0.3) is 0 Å². The lowest BCUT2D eigenvalue weighted by Gasteiger charge is -2.35. The fourth-order valence-electron chi connectivity index (χ4n) is 2.85. The highest BCUT2D eigenvalue weighted by Gasteiger charge is 2.18. The van der Waals surface area contributed by atoms with Gasteiger partial charge < -0.3 is 20.4 Å². The lowest BCUT2D eigenvalue weighted by molar-refractivity contribution is -0.129. The van der Waals surface area contributed by atoms with Gasteiger partial charge in [-0.3, -0.25) is 4.79 Å². The molecule has 0 bridgehead atoms. The van der Waals surface area contributed by atoms with E-state index < -0.39 is 0 Å². The van der Waals surface area contributed by atoms with Crippen LogP contribution in [0.1, 0.15) is 6.92 Å². The highest BCUT2D eigenvalue weighted by Crippen LogP contribution is 2.20. The first-order chi connectivity index (χ1) is 12.1. The number of carbonyl (C=O) groups excluding carboxylic acids is 2. The summed E-state index contributed by atoms with van der Waals surface area (Å²) in [4.78, 5) is 27.5. The molecule has 0 aromatic heterocycles. The largest absolute Gasteiger partial charge is 0.368 e. The minimum Gasteiger partial charge on any atom is -0.368 e. The molecule has 2 aromatic rings. The third-order valence-corrected chi connectivity index (χ3v) is 4.25. The zero-order chi connectivity index (χ0) is 17.6. The number of urea groups is 1. The van der Waals surface area contributed by atoms with Crippen molar-refractivity contribution < 1.29 is 9.59 Å². The second-order valence-corrected chi connectivity index (χ2v) is 5.99. The minimum absolute atomic E-state index is 0.128. The summed E-state index contributed by atoms with van der Waals surface area (Å²) < 4.78 is 0. The summed E-state index contributed by atoms with van der Waals surface area (Å²) in [6, 6.07) is 16.8. The first-order valence-corrected chi connectivity index (χ1v) is 8.35. The summed E-state index contributed by atoms with van der Waals surface area (Å²) in [5.74, 6) is 0.128. The Labute approximate surface area is 147 Å². The van der Waals surface area contributed by atoms with E-state index in [0.29, 0.717) is 0 Å². The Morgan fingerprint density at radius 2 is 1.36 bits per heavy atom. The summed E-state index contributed by atoms with van der Waals surface area (Å²) >= 11 is 0. The zero-order valence-electron chi connectivity index (χ0n) is 14.2. The van der Waals surface area contributed by atoms with Crippen LogP contribution in [0.15, 0.2) is 54.6 Å². The van der Waals surface area contributed by atoms with Crippen molar-refractivity contribution in [2.75, 3.05) is 41.7 Å². The molecular weight excluding hydrogens is 316 g/mol. The number of amides is 3. The molecule has 1 aliphatic heterocycles. The number of benzene rings is 2. The van der Waals surface area contributed by atoms with E-state index in [1.54, 1.807) is 6.92 Å². The number of nitrogens with zero attached hydrogens (tertiary/aromatic N) is 2. The Hall–Kier alpha value is -3.02. The molecule has 2 aromatic carbocycles. The van der Waals surface area contributed by atoms with E-state index in [2.05, 4.69) is 15.5 Å². The van der Waals surface area contributed by atoms with Gasteiger partial charge in [-0.1, -0.05) is 18.2 Å². The number of anilines is 3. The smallest absolute Gasteiger partial charge is 0.323 e. The molecule has 3 rings (SSSR count). The van der Waals surface area contributed by atoms with Crippen LogP contribution in [0.2, 0.25) is 0 Å². The predicted octanol–water partition coefficient (Wildman–Crippen LogP) is 3.00. The molecule has 0 spiro atoms. The van der Waals surface area contributed by atoms with Crippen molar-refractivity contribution >= 4 is 29.0 Å². The molecule has 0 atom stereocenters. The van der Waals surface area contributed by atoms with Crippen molar-refractivity contribution in [2.24, 2.45) is 0 Å². The van der Waals surface area contributed by atoms with E-state index in [1.807, 2.05) is 59.5 Å². The number of para-hydroxylation sites is 1. The van der Waals surface area contributed by atoms with Crippen LogP contribution in [0.3, 0.4) is 0 Å². The van der Waals surface area contributed by atoms with Gasteiger partial charge in [-0.2, -0.15) is 0 Å². The van der Waals surface area contributed by atoms with Crippen LogP contribution in [0.5, 0.6) is 0 Å². The molecule has 6 nitrogen and oxygen atoms in total. The molecule has 0 unspecified atom stereocenters. The van der Waals surface area contributed by atoms with Crippen molar-refractivity contribution in [1.82, 2.24) is 4.90 Å². The van der Waals surface area contributed by atoms with Crippen molar-refractivity contribution in [3.63, 3.8) is 0 Å². The van der Waals surface area contributed by atoms with Crippen LogP contribution < -0.4 is 15.5 Å². The quantitative estimate of drug-likeness (QED) is 0.904. The summed E-state index contributed by atoms with van der Waals surface area (Å²) in [6.07, 6.45) is 0. The molecule has 3 amide bonds. The maximum Gasteiger partial charge on any atom is 0.323 e. The number of carbonyl (C=O) groups is 2. The third-order valence-electron chi connectivity index (χ3n) is 4.25. The van der Waals surface area contributed by atoms with Gasteiger partial charge >= 0.3 is 6.03 Å². The third kappa shape index (κ3) is 4.50. The molecule has 0 radical (unpaired) electrons. The molecule has 1 saturated heterocycles. The summed E-state index contributed by atoms with van der Waals surface area (Å²) in [5.41, 5.74) is 2.58. The van der Waals surface area contributed by atoms with Crippen LogP contribution in [0.4, 0.5) is 21.9 Å². The molecule has 0 aliphatic carbocycles. The Kier molecular flexibility index (Phi) is 5.18. The van der Waals surface area contributed by atoms with Crippen LogP contribution in [0, 0.1) is 0 Å². The molecule has 1 heterocycles. The average Bonchev–Trinajstić information content (AvgIpc) is 2.63. The summed E-state index contributed by atoms with van der Waals surface area (Å²) in [6.45, 7) is 4.74. The fraction of sp³-hybridized carbons (Fsp3) is 0.263. The number of piperazine rings is 1. The minimum atomic E-state index is -0.269. The number of hydrogen-bond acceptors (Lipinski definition) is 3. The number of hydrogen-bond donors (Lipinski definition) is 2. The lowest BCUT2D eigenvalue weighted by Crippen LogP contribution is -2.48. The molecule has 1 aliphatic rings. The highest BCUT2D eigenvalue weighted by atomic mass is 16.2. The topological polar surface area (TPSA) is 64.7 Å². The van der Waals surface area contributed by atoms with E-state index >= 15 is 0 Å². The molecule has 1 fully saturated rings. The van der Waals surface area contributed by atoms with Gasteiger partial charge in [-0.15, -0.1) is 0 Å². The second kappa shape index (κ2) is 7.70. The number of rotatable bonds is 3. The standard InChI is InChI=1S/C19H22N4O2/c1-15(24)22-11-13-23(14-12-22)18-9-7-17(8-10-18)21-19(25)20-16-5-3-2-4-6-16/h2-10H,11-14H2,1H3,(H2,20,21,25). The van der Waals surface area contributed by atoms with Gasteiger partial charge in [0.15, 0.2) is 0 Å². The molecule has 6 heteroatoms. The van der Waals surface area contributed by atoms with Gasteiger partial charge in [0.05, 0.1) is 0 Å². The van der Waals surface area contributed by atoms with Crippen molar-refractivity contribution in [1.29, 1.82) is 0 Å². The van der Waals surface area contributed by atoms with Gasteiger partial charge in [0.1, 0.15) is 0 Å². The van der Waals surface area contributed by atoms with Crippen molar-refractivity contribution in [3.05, 3.63) is 54.6 Å². The molecule has 25 heavy (non-hydrogen) atoms. The van der Waals surface area contributed by atoms with Crippen LogP contribution >= 0.6 is 0 Å². The number of nitrogens with one attached hydrogen (secondary N) is 2. The van der Waals surface area contributed by atoms with E-state index in [1.165, 1.54) is 0 Å². The normalized spacial score (nSPS) is 14.1. The maximum atomic E-state index is 12.0. The van der Waals surface area contributed by atoms with Crippen LogP contribution in [-0.2, 0) is 4.79 Å². The molecule has 0 saturated carbocycles. The van der Waals surface area contributed by atoms with E-state index in [0.717, 1.165) is 43.2 Å².